The molecule has 0 fully saturated rings. The zero-order chi connectivity index (χ0) is 6.81. The molecule has 2 rings (SSSR count). The van der Waals surface area contributed by atoms with E-state index in [1.807, 2.05) is 12.3 Å². The van der Waals surface area contributed by atoms with Crippen LogP contribution in [0.25, 0.3) is 6.08 Å². The molecule has 0 saturated heterocycles. The van der Waals surface area contributed by atoms with Gasteiger partial charge in [0.15, 0.2) is 0 Å². The summed E-state index contributed by atoms with van der Waals surface area (Å²) < 4.78 is 0. The Morgan fingerprint density at radius 3 is 3.30 bits per heavy atom. The number of rotatable bonds is 0. The molecule has 0 N–H and O–H groups in total. The van der Waals surface area contributed by atoms with Crippen molar-refractivity contribution in [1.82, 2.24) is 4.98 Å². The van der Waals surface area contributed by atoms with Crippen molar-refractivity contribution in [1.29, 1.82) is 0 Å². The molecule has 1 aromatic rings. The number of aryl methyl sites for hydroxylation is 1. The molecule has 1 aliphatic rings. The van der Waals surface area contributed by atoms with E-state index in [0.717, 1.165) is 12.8 Å². The Balaban J connectivity index is 2.54. The van der Waals surface area contributed by atoms with Gasteiger partial charge in [0.1, 0.15) is 0 Å². The lowest BCUT2D eigenvalue weighted by Crippen LogP contribution is -1.95. The highest BCUT2D eigenvalue weighted by Gasteiger charge is 2.02. The molecule has 0 atom stereocenters. The van der Waals surface area contributed by atoms with Crippen molar-refractivity contribution < 1.29 is 0 Å². The van der Waals surface area contributed by atoms with Crippen LogP contribution in [0.2, 0.25) is 0 Å². The quantitative estimate of drug-likeness (QED) is 0.525. The number of aromatic nitrogens is 1. The van der Waals surface area contributed by atoms with Crippen molar-refractivity contribution in [2.24, 2.45) is 0 Å². The highest BCUT2D eigenvalue weighted by atomic mass is 14.7. The van der Waals surface area contributed by atoms with Crippen LogP contribution in [0.5, 0.6) is 0 Å². The van der Waals surface area contributed by atoms with E-state index in [4.69, 9.17) is 0 Å². The molecule has 0 saturated carbocycles. The van der Waals surface area contributed by atoms with E-state index in [-0.39, 0.29) is 0 Å². The van der Waals surface area contributed by atoms with Gasteiger partial charge >= 0.3 is 0 Å². The van der Waals surface area contributed by atoms with Crippen LogP contribution in [0, 0.1) is 0 Å². The van der Waals surface area contributed by atoms with Crippen molar-refractivity contribution in [3.63, 3.8) is 0 Å². The lowest BCUT2D eigenvalue weighted by atomic mass is 10.0. The predicted molar refractivity (Wildman–Crippen MR) is 41.6 cm³/mol. The van der Waals surface area contributed by atoms with Gasteiger partial charge in [-0.2, -0.15) is 0 Å². The first-order valence-corrected chi connectivity index (χ1v) is 3.57. The van der Waals surface area contributed by atoms with Crippen LogP contribution in [-0.4, -0.2) is 4.98 Å². The molecule has 0 radical (unpaired) electrons. The Morgan fingerprint density at radius 2 is 2.40 bits per heavy atom. The SMILES string of the molecule is C1=Cc2cccnc2CC1. The Labute approximate surface area is 60.4 Å². The lowest BCUT2D eigenvalue weighted by molar-refractivity contribution is 0.927. The smallest absolute Gasteiger partial charge is 0.0478 e. The molecule has 1 heteroatoms. The minimum absolute atomic E-state index is 1.10. The molecule has 0 aromatic carbocycles. The van der Waals surface area contributed by atoms with E-state index in [1.165, 1.54) is 11.3 Å². The molecule has 0 unspecified atom stereocenters. The van der Waals surface area contributed by atoms with E-state index in [1.54, 1.807) is 0 Å². The van der Waals surface area contributed by atoms with Gasteiger partial charge in [0.2, 0.25) is 0 Å². The van der Waals surface area contributed by atoms with Gasteiger partial charge in [-0.05, 0) is 24.5 Å². The van der Waals surface area contributed by atoms with Gasteiger partial charge in [-0.25, -0.2) is 0 Å². The predicted octanol–water partition coefficient (Wildman–Crippen LogP) is 2.04. The molecule has 10 heavy (non-hydrogen) atoms. The third kappa shape index (κ3) is 0.838. The average Bonchev–Trinajstić information content (AvgIpc) is 2.05. The normalized spacial score (nSPS) is 14.8. The van der Waals surface area contributed by atoms with Crippen LogP contribution in [-0.2, 0) is 6.42 Å². The number of nitrogens with zero attached hydrogens (tertiary/aromatic N) is 1. The Morgan fingerprint density at radius 1 is 1.40 bits per heavy atom. The summed E-state index contributed by atoms with van der Waals surface area (Å²) in [6.07, 6.45) is 8.45. The maximum atomic E-state index is 4.27. The zero-order valence-corrected chi connectivity index (χ0v) is 5.75. The molecule has 0 spiro atoms. The Bertz CT molecular complexity index is 263. The summed E-state index contributed by atoms with van der Waals surface area (Å²) in [5, 5.41) is 0. The summed E-state index contributed by atoms with van der Waals surface area (Å²) in [7, 11) is 0. The number of fused-ring (bicyclic) bond motifs is 1. The first-order valence-electron chi connectivity index (χ1n) is 3.57. The van der Waals surface area contributed by atoms with E-state index in [9.17, 15) is 0 Å². The fraction of sp³-hybridized carbons (Fsp3) is 0.222. The maximum absolute atomic E-state index is 4.27. The fourth-order valence-electron chi connectivity index (χ4n) is 1.24. The molecular formula is C9H9N. The lowest BCUT2D eigenvalue weighted by Gasteiger charge is -2.06. The number of allylic oxidation sites excluding steroid dienone is 1. The third-order valence-electron chi connectivity index (χ3n) is 1.77. The van der Waals surface area contributed by atoms with E-state index < -0.39 is 0 Å². The summed E-state index contributed by atoms with van der Waals surface area (Å²) in [6.45, 7) is 0. The molecule has 0 aliphatic heterocycles. The van der Waals surface area contributed by atoms with Crippen LogP contribution < -0.4 is 0 Å². The van der Waals surface area contributed by atoms with Gasteiger partial charge in [0.05, 0.1) is 0 Å². The first-order chi connectivity index (χ1) is 4.97. The highest BCUT2D eigenvalue weighted by Crippen LogP contribution is 2.15. The summed E-state index contributed by atoms with van der Waals surface area (Å²) in [6, 6.07) is 4.09. The fourth-order valence-corrected chi connectivity index (χ4v) is 1.24. The molecule has 0 bridgehead atoms. The van der Waals surface area contributed by atoms with Crippen molar-refractivity contribution in [2.75, 3.05) is 0 Å². The third-order valence-corrected chi connectivity index (χ3v) is 1.77. The number of hydrogen-bond acceptors (Lipinski definition) is 1. The molecule has 0 amide bonds. The van der Waals surface area contributed by atoms with E-state index in [2.05, 4.69) is 23.2 Å². The van der Waals surface area contributed by atoms with Crippen molar-refractivity contribution >= 4 is 6.08 Å². The highest BCUT2D eigenvalue weighted by molar-refractivity contribution is 5.53. The van der Waals surface area contributed by atoms with Crippen molar-refractivity contribution in [2.45, 2.75) is 12.8 Å². The Hall–Kier alpha value is -1.11. The molecule has 1 heterocycles. The van der Waals surface area contributed by atoms with Crippen LogP contribution in [0.3, 0.4) is 0 Å². The van der Waals surface area contributed by atoms with Gasteiger partial charge in [-0.3, -0.25) is 4.98 Å². The molecule has 1 aromatic heterocycles. The number of pyridine rings is 1. The van der Waals surface area contributed by atoms with Crippen LogP contribution in [0.4, 0.5) is 0 Å². The van der Waals surface area contributed by atoms with E-state index in [0.29, 0.717) is 0 Å². The minimum Gasteiger partial charge on any atom is -0.261 e. The standard InChI is InChI=1S/C9H9N/c1-2-6-9-8(4-1)5-3-7-10-9/h1,3-5,7H,2,6H2. The Kier molecular flexibility index (Phi) is 1.28. The van der Waals surface area contributed by atoms with Crippen molar-refractivity contribution in [3.05, 3.63) is 35.7 Å². The van der Waals surface area contributed by atoms with Gasteiger partial charge < -0.3 is 0 Å². The summed E-state index contributed by atoms with van der Waals surface area (Å²) in [4.78, 5) is 4.27. The van der Waals surface area contributed by atoms with Crippen LogP contribution in [0.1, 0.15) is 17.7 Å². The summed E-state index contributed by atoms with van der Waals surface area (Å²) in [5.41, 5.74) is 2.53. The second kappa shape index (κ2) is 2.25. The van der Waals surface area contributed by atoms with Gasteiger partial charge in [-0.15, -0.1) is 0 Å². The second-order valence-electron chi connectivity index (χ2n) is 2.48. The average molecular weight is 131 g/mol. The summed E-state index contributed by atoms with van der Waals surface area (Å²) >= 11 is 0. The van der Waals surface area contributed by atoms with Gasteiger partial charge in [0, 0.05) is 11.9 Å². The second-order valence-corrected chi connectivity index (χ2v) is 2.48. The van der Waals surface area contributed by atoms with Gasteiger partial charge in [0.25, 0.3) is 0 Å². The first kappa shape index (κ1) is 5.66. The van der Waals surface area contributed by atoms with E-state index >= 15 is 0 Å². The molecule has 1 aliphatic carbocycles. The maximum Gasteiger partial charge on any atom is 0.0478 e. The zero-order valence-electron chi connectivity index (χ0n) is 5.75. The molecular weight excluding hydrogens is 122 g/mol. The molecule has 50 valence electrons. The summed E-state index contributed by atoms with van der Waals surface area (Å²) in [5.74, 6) is 0. The van der Waals surface area contributed by atoms with Crippen LogP contribution in [0.15, 0.2) is 24.4 Å². The van der Waals surface area contributed by atoms with Gasteiger partial charge in [-0.1, -0.05) is 18.2 Å². The van der Waals surface area contributed by atoms with Crippen LogP contribution >= 0.6 is 0 Å². The molecule has 1 nitrogen and oxygen atoms in total. The number of hydrogen-bond donors (Lipinski definition) is 0. The monoisotopic (exact) mass is 131 g/mol. The van der Waals surface area contributed by atoms with Crippen molar-refractivity contribution in [3.8, 4) is 0 Å². The topological polar surface area (TPSA) is 12.9 Å². The minimum atomic E-state index is 1.10. The largest absolute Gasteiger partial charge is 0.261 e.